The number of sulfonamides is 1. The van der Waals surface area contributed by atoms with E-state index in [9.17, 15) is 18.0 Å². The maximum Gasteiger partial charge on any atom is 0.349 e. The second-order valence-electron chi connectivity index (χ2n) is 4.96. The number of carbonyl (C=O) groups excluding carboxylic acids is 2. The number of esters is 1. The Balaban J connectivity index is 1.86. The fourth-order valence-electron chi connectivity index (χ4n) is 2.31. The lowest BCUT2D eigenvalue weighted by Gasteiger charge is -2.08. The summed E-state index contributed by atoms with van der Waals surface area (Å²) in [4.78, 5) is 23.5. The smallest absolute Gasteiger partial charge is 0.349 e. The fraction of sp³-hybridized carbons (Fsp3) is 0.200. The van der Waals surface area contributed by atoms with Crippen molar-refractivity contribution in [3.05, 3.63) is 45.6 Å². The van der Waals surface area contributed by atoms with Crippen LogP contribution < -0.4 is 9.46 Å². The number of fused-ring (bicyclic) bond motifs is 1. The summed E-state index contributed by atoms with van der Waals surface area (Å²) in [6.07, 6.45) is 0.667. The van der Waals surface area contributed by atoms with Gasteiger partial charge in [-0.1, -0.05) is 0 Å². The topological polar surface area (TPSA) is 98.8 Å². The van der Waals surface area contributed by atoms with Crippen LogP contribution in [-0.4, -0.2) is 34.0 Å². The molecule has 7 nitrogen and oxygen atoms in total. The third-order valence-electron chi connectivity index (χ3n) is 3.47. The van der Waals surface area contributed by atoms with Crippen LogP contribution in [0.5, 0.6) is 5.75 Å². The Bertz CT molecular complexity index is 916. The van der Waals surface area contributed by atoms with Gasteiger partial charge in [0.05, 0.1) is 13.7 Å². The number of hydrogen-bond acceptors (Lipinski definition) is 7. The van der Waals surface area contributed by atoms with E-state index in [1.165, 1.54) is 17.5 Å². The number of nitrogens with one attached hydrogen (secondary N) is 1. The molecule has 0 spiro atoms. The minimum atomic E-state index is -4.19. The van der Waals surface area contributed by atoms with Crippen LogP contribution in [0.25, 0.3) is 0 Å². The summed E-state index contributed by atoms with van der Waals surface area (Å²) in [6, 6.07) is 5.98. The van der Waals surface area contributed by atoms with Crippen LogP contribution in [0, 0.1) is 0 Å². The van der Waals surface area contributed by atoms with Crippen LogP contribution in [0.4, 0.5) is 0 Å². The largest absolute Gasteiger partial charge is 0.493 e. The van der Waals surface area contributed by atoms with Crippen molar-refractivity contribution in [1.82, 2.24) is 4.72 Å². The number of thiophene rings is 1. The third-order valence-corrected chi connectivity index (χ3v) is 5.87. The maximum atomic E-state index is 12.4. The van der Waals surface area contributed by atoms with E-state index in [-0.39, 0.29) is 15.3 Å². The minimum Gasteiger partial charge on any atom is -0.493 e. The molecule has 0 saturated carbocycles. The first-order valence-electron chi connectivity index (χ1n) is 6.91. The van der Waals surface area contributed by atoms with Crippen molar-refractivity contribution in [1.29, 1.82) is 0 Å². The molecule has 1 amide bonds. The zero-order chi connectivity index (χ0) is 17.3. The molecule has 9 heteroatoms. The summed E-state index contributed by atoms with van der Waals surface area (Å²) >= 11 is 0.927. The number of benzene rings is 1. The molecular weight excluding hydrogens is 354 g/mol. The molecular formula is C15H13NO6S2. The predicted molar refractivity (Wildman–Crippen MR) is 86.0 cm³/mol. The summed E-state index contributed by atoms with van der Waals surface area (Å²) in [6.45, 7) is 0.538. The van der Waals surface area contributed by atoms with Crippen molar-refractivity contribution in [2.45, 2.75) is 11.3 Å². The van der Waals surface area contributed by atoms with Crippen LogP contribution in [-0.2, 0) is 21.2 Å². The molecule has 24 heavy (non-hydrogen) atoms. The Labute approximate surface area is 142 Å². The van der Waals surface area contributed by atoms with Gasteiger partial charge in [-0.15, -0.1) is 11.3 Å². The lowest BCUT2D eigenvalue weighted by molar-refractivity contribution is 0.0602. The van der Waals surface area contributed by atoms with Crippen LogP contribution in [0.15, 0.2) is 34.5 Å². The number of amides is 1. The summed E-state index contributed by atoms with van der Waals surface area (Å²) in [7, 11) is -3.03. The van der Waals surface area contributed by atoms with E-state index in [2.05, 4.69) is 4.74 Å². The van der Waals surface area contributed by atoms with E-state index in [0.717, 1.165) is 24.0 Å². The summed E-state index contributed by atoms with van der Waals surface area (Å²) in [5.41, 5.74) is 1.06. The maximum absolute atomic E-state index is 12.4. The van der Waals surface area contributed by atoms with E-state index < -0.39 is 21.9 Å². The molecule has 1 aliphatic rings. The molecule has 1 N–H and O–H groups in total. The first-order chi connectivity index (χ1) is 11.4. The Morgan fingerprint density at radius 2 is 2.08 bits per heavy atom. The number of hydrogen-bond donors (Lipinski definition) is 1. The molecule has 126 valence electrons. The van der Waals surface area contributed by atoms with Gasteiger partial charge >= 0.3 is 5.97 Å². The van der Waals surface area contributed by atoms with Crippen molar-refractivity contribution in [2.75, 3.05) is 13.7 Å². The van der Waals surface area contributed by atoms with Gasteiger partial charge in [-0.25, -0.2) is 17.9 Å². The number of carbonyl (C=O) groups is 2. The molecule has 1 aromatic heterocycles. The average Bonchev–Trinajstić information content (AvgIpc) is 3.22. The number of rotatable bonds is 4. The zero-order valence-electron chi connectivity index (χ0n) is 12.6. The normalized spacial score (nSPS) is 13.0. The molecule has 2 aromatic rings. The van der Waals surface area contributed by atoms with E-state index in [1.54, 1.807) is 12.1 Å². The first-order valence-corrected chi connectivity index (χ1v) is 9.27. The standard InChI is InChI=1S/C15H13NO6S2/c1-21-15(18)13-12(5-7-23-13)24(19,20)16-14(17)10-2-3-11-9(8-10)4-6-22-11/h2-3,5,7-8H,4,6H2,1H3,(H,16,17). The van der Waals surface area contributed by atoms with E-state index in [1.807, 2.05) is 4.72 Å². The van der Waals surface area contributed by atoms with Crippen LogP contribution in [0.2, 0.25) is 0 Å². The second-order valence-corrected chi connectivity index (χ2v) is 7.53. The fourth-order valence-corrected chi connectivity index (χ4v) is 4.62. The lowest BCUT2D eigenvalue weighted by Crippen LogP contribution is -2.31. The van der Waals surface area contributed by atoms with Gasteiger partial charge in [-0.05, 0) is 35.2 Å². The highest BCUT2D eigenvalue weighted by Gasteiger charge is 2.27. The Kier molecular flexibility index (Phi) is 4.29. The summed E-state index contributed by atoms with van der Waals surface area (Å²) in [5, 5.41) is 1.44. The zero-order valence-corrected chi connectivity index (χ0v) is 14.2. The first kappa shape index (κ1) is 16.5. The molecule has 0 fully saturated rings. The predicted octanol–water partition coefficient (Wildman–Crippen LogP) is 1.59. The Morgan fingerprint density at radius 1 is 1.29 bits per heavy atom. The van der Waals surface area contributed by atoms with Gasteiger partial charge in [0.15, 0.2) is 0 Å². The average molecular weight is 367 g/mol. The molecule has 1 aliphatic heterocycles. The quantitative estimate of drug-likeness (QED) is 0.824. The van der Waals surface area contributed by atoms with Crippen LogP contribution in [0.3, 0.4) is 0 Å². The number of ether oxygens (including phenoxy) is 2. The molecule has 3 rings (SSSR count). The molecule has 0 bridgehead atoms. The van der Waals surface area contributed by atoms with E-state index in [4.69, 9.17) is 4.74 Å². The SMILES string of the molecule is COC(=O)c1sccc1S(=O)(=O)NC(=O)c1ccc2c(c1)CCO2. The van der Waals surface area contributed by atoms with Gasteiger partial charge in [0, 0.05) is 12.0 Å². The van der Waals surface area contributed by atoms with Crippen LogP contribution in [0.1, 0.15) is 25.6 Å². The molecule has 0 saturated heterocycles. The Morgan fingerprint density at radius 3 is 2.83 bits per heavy atom. The van der Waals surface area contributed by atoms with Crippen molar-refractivity contribution >= 4 is 33.2 Å². The molecule has 1 aromatic carbocycles. The number of methoxy groups -OCH3 is 1. The molecule has 0 aliphatic carbocycles. The molecule has 0 radical (unpaired) electrons. The van der Waals surface area contributed by atoms with Gasteiger partial charge in [0.1, 0.15) is 15.5 Å². The van der Waals surface area contributed by atoms with E-state index in [0.29, 0.717) is 18.8 Å². The molecule has 2 heterocycles. The van der Waals surface area contributed by atoms with Crippen molar-refractivity contribution in [3.63, 3.8) is 0 Å². The van der Waals surface area contributed by atoms with Crippen molar-refractivity contribution in [2.24, 2.45) is 0 Å². The van der Waals surface area contributed by atoms with Gasteiger partial charge in [-0.2, -0.15) is 0 Å². The molecule has 0 atom stereocenters. The minimum absolute atomic E-state index is 0.0832. The molecule has 0 unspecified atom stereocenters. The second kappa shape index (κ2) is 6.25. The summed E-state index contributed by atoms with van der Waals surface area (Å²) < 4.78 is 36.7. The van der Waals surface area contributed by atoms with Crippen molar-refractivity contribution < 1.29 is 27.5 Å². The van der Waals surface area contributed by atoms with Gasteiger partial charge in [0.25, 0.3) is 15.9 Å². The van der Waals surface area contributed by atoms with Gasteiger partial charge < -0.3 is 9.47 Å². The van der Waals surface area contributed by atoms with Crippen molar-refractivity contribution in [3.8, 4) is 5.75 Å². The third kappa shape index (κ3) is 3.00. The van der Waals surface area contributed by atoms with Crippen LogP contribution >= 0.6 is 11.3 Å². The van der Waals surface area contributed by atoms with E-state index >= 15 is 0 Å². The highest BCUT2D eigenvalue weighted by Crippen LogP contribution is 2.26. The highest BCUT2D eigenvalue weighted by atomic mass is 32.2. The summed E-state index contributed by atoms with van der Waals surface area (Å²) in [5.74, 6) is -0.848. The highest BCUT2D eigenvalue weighted by molar-refractivity contribution is 7.90. The monoisotopic (exact) mass is 367 g/mol. The van der Waals surface area contributed by atoms with Gasteiger partial charge in [0.2, 0.25) is 0 Å². The Hall–Kier alpha value is -2.39. The lowest BCUT2D eigenvalue weighted by atomic mass is 10.1. The van der Waals surface area contributed by atoms with Gasteiger partial charge in [-0.3, -0.25) is 4.79 Å².